The summed E-state index contributed by atoms with van der Waals surface area (Å²) in [7, 11) is 0. The van der Waals surface area contributed by atoms with Gasteiger partial charge >= 0.3 is 0 Å². The third-order valence-corrected chi connectivity index (χ3v) is 10.1. The molecule has 7 amide bonds. The summed E-state index contributed by atoms with van der Waals surface area (Å²) in [5.41, 5.74) is 28.7. The van der Waals surface area contributed by atoms with E-state index in [-0.39, 0.29) is 62.8 Å². The average Bonchev–Trinajstić information content (AvgIpc) is 3.75. The Hall–Kier alpha value is -6.29. The van der Waals surface area contributed by atoms with Gasteiger partial charge in [0.05, 0.1) is 12.9 Å². The zero-order valence-corrected chi connectivity index (χ0v) is 35.9. The second-order valence-corrected chi connectivity index (χ2v) is 15.4. The smallest absolute Gasteiger partial charge is 0.243 e. The van der Waals surface area contributed by atoms with Gasteiger partial charge in [0.2, 0.25) is 41.4 Å². The number of aromatic hydroxyl groups is 1. The first-order valence-electron chi connectivity index (χ1n) is 20.7. The van der Waals surface area contributed by atoms with Gasteiger partial charge in [-0.1, -0.05) is 46.2 Å². The van der Waals surface area contributed by atoms with Crippen LogP contribution in [0.25, 0.3) is 0 Å². The number of nitrogens with one attached hydrogen (secondary N) is 7. The Morgan fingerprint density at radius 3 is 1.82 bits per heavy atom. The van der Waals surface area contributed by atoms with Crippen molar-refractivity contribution in [2.45, 2.75) is 115 Å². The number of hydrogen-bond acceptors (Lipinski definition) is 12. The third kappa shape index (κ3) is 18.1. The van der Waals surface area contributed by atoms with E-state index in [9.17, 15) is 38.7 Å². The number of carbonyl (C=O) groups excluding carboxylic acids is 7. The molecule has 18 N–H and O–H groups in total. The Morgan fingerprint density at radius 1 is 0.710 bits per heavy atom. The van der Waals surface area contributed by atoms with Crippen molar-refractivity contribution >= 4 is 47.3 Å². The second-order valence-electron chi connectivity index (χ2n) is 15.4. The number of nitrogens with two attached hydrogens (primary N) is 5. The summed E-state index contributed by atoms with van der Waals surface area (Å²) in [5, 5.41) is 25.9. The van der Waals surface area contributed by atoms with E-state index in [1.54, 1.807) is 32.9 Å². The quantitative estimate of drug-likeness (QED) is 0.0233. The molecule has 62 heavy (non-hydrogen) atoms. The molecule has 344 valence electrons. The highest BCUT2D eigenvalue weighted by molar-refractivity contribution is 5.97. The van der Waals surface area contributed by atoms with E-state index >= 15 is 0 Å². The average molecular weight is 871 g/mol. The highest BCUT2D eigenvalue weighted by Crippen LogP contribution is 2.14. The van der Waals surface area contributed by atoms with Crippen LogP contribution in [0.3, 0.4) is 0 Å². The fourth-order valence-electron chi connectivity index (χ4n) is 6.24. The van der Waals surface area contributed by atoms with Crippen LogP contribution in [0.5, 0.6) is 5.75 Å². The first kappa shape index (κ1) is 51.8. The van der Waals surface area contributed by atoms with Crippen LogP contribution < -0.4 is 60.6 Å². The molecule has 22 heteroatoms. The molecule has 2 rings (SSSR count). The van der Waals surface area contributed by atoms with E-state index in [0.29, 0.717) is 37.1 Å². The first-order chi connectivity index (χ1) is 29.4. The lowest BCUT2D eigenvalue weighted by Gasteiger charge is -2.30. The molecular formula is C40H66N14O8. The van der Waals surface area contributed by atoms with Crippen molar-refractivity contribution in [3.8, 4) is 5.75 Å². The van der Waals surface area contributed by atoms with Crippen LogP contribution in [-0.2, 0) is 46.4 Å². The molecule has 0 fully saturated rings. The summed E-state index contributed by atoms with van der Waals surface area (Å²) in [5.74, 6) is -6.03. The maximum absolute atomic E-state index is 14.3. The summed E-state index contributed by atoms with van der Waals surface area (Å²) in [4.78, 5) is 105. The largest absolute Gasteiger partial charge is 0.508 e. The number of imidazole rings is 1. The zero-order valence-electron chi connectivity index (χ0n) is 35.9. The summed E-state index contributed by atoms with van der Waals surface area (Å²) in [6, 6.07) is -1.27. The second kappa shape index (κ2) is 26.8. The Kier molecular flexibility index (Phi) is 22.4. The van der Waals surface area contributed by atoms with Gasteiger partial charge in [0, 0.05) is 31.3 Å². The molecule has 0 bridgehead atoms. The lowest BCUT2D eigenvalue weighted by atomic mass is 9.96. The van der Waals surface area contributed by atoms with E-state index in [1.165, 1.54) is 24.7 Å². The molecule has 22 nitrogen and oxygen atoms in total. The van der Waals surface area contributed by atoms with Crippen LogP contribution in [-0.4, -0.2) is 118 Å². The standard InChI is InChI=1S/C40H66N14O8/c1-5-23(4)33(54-38(61)32(22(2)3)53-31(56)19-42)39(62)52-30(18-25-20-46-21-48-25)37(60)50-28(10-8-16-47-40(44)45)35(58)51-29(17-24-11-13-26(55)14-12-24)36(59)49-27(34(43)57)9-6-7-15-41/h11-14,20-23,27-30,32-33,55H,5-10,15-19,41-42H2,1-4H3,(H2,43,57)(H,46,48)(H,49,59)(H,50,60)(H,51,58)(H,52,62)(H,53,56)(H,54,61)(H4,44,45,47)/t23-,27-,28-,29-,30+,32-,33-/m0/s1. The number of nitrogens with zero attached hydrogens (tertiary/aromatic N) is 2. The SMILES string of the molecule is CC[C@H](C)[C@H](NC(=O)[C@@H](NC(=O)CN)C(C)C)C(=O)N[C@H](Cc1cnc[nH]1)C(=O)N[C@@H](CCCN=C(N)N)C(=O)N[C@@H](Cc1ccc(O)cc1)C(=O)N[C@@H](CCCCN)C(N)=O. The Morgan fingerprint density at radius 2 is 1.27 bits per heavy atom. The molecule has 2 aromatic rings. The number of aliphatic imine (C=N–C) groups is 1. The molecule has 1 aromatic heterocycles. The maximum atomic E-state index is 14.3. The van der Waals surface area contributed by atoms with E-state index in [0.717, 1.165) is 0 Å². The number of aromatic nitrogens is 2. The molecule has 0 unspecified atom stereocenters. The van der Waals surface area contributed by atoms with Crippen LogP contribution in [0.2, 0.25) is 0 Å². The van der Waals surface area contributed by atoms with E-state index < -0.39 is 83.5 Å². The molecule has 0 saturated carbocycles. The summed E-state index contributed by atoms with van der Waals surface area (Å²) >= 11 is 0. The lowest BCUT2D eigenvalue weighted by Crippen LogP contribution is -2.61. The van der Waals surface area contributed by atoms with Crippen molar-refractivity contribution in [2.75, 3.05) is 19.6 Å². The minimum Gasteiger partial charge on any atom is -0.508 e. The number of unbranched alkanes of at least 4 members (excludes halogenated alkanes) is 1. The number of primary amides is 1. The number of aromatic amines is 1. The monoisotopic (exact) mass is 871 g/mol. The van der Waals surface area contributed by atoms with Crippen molar-refractivity contribution in [3.05, 3.63) is 48.0 Å². The van der Waals surface area contributed by atoms with Gasteiger partial charge in [-0.3, -0.25) is 38.6 Å². The zero-order chi connectivity index (χ0) is 46.4. The van der Waals surface area contributed by atoms with Crippen LogP contribution in [0.15, 0.2) is 41.8 Å². The van der Waals surface area contributed by atoms with Gasteiger partial charge < -0.3 is 70.7 Å². The summed E-state index contributed by atoms with van der Waals surface area (Å²) < 4.78 is 0. The number of carbonyl (C=O) groups is 7. The van der Waals surface area contributed by atoms with Crippen molar-refractivity contribution in [1.29, 1.82) is 0 Å². The lowest BCUT2D eigenvalue weighted by molar-refractivity contribution is -0.136. The number of guanidine groups is 1. The van der Waals surface area contributed by atoms with E-state index in [2.05, 4.69) is 46.9 Å². The Bertz CT molecular complexity index is 1790. The van der Waals surface area contributed by atoms with E-state index in [4.69, 9.17) is 28.7 Å². The van der Waals surface area contributed by atoms with Gasteiger partial charge in [-0.2, -0.15) is 0 Å². The van der Waals surface area contributed by atoms with Crippen LogP contribution >= 0.6 is 0 Å². The van der Waals surface area contributed by atoms with Crippen molar-refractivity contribution in [2.24, 2.45) is 45.5 Å². The van der Waals surface area contributed by atoms with Gasteiger partial charge in [-0.15, -0.1) is 0 Å². The van der Waals surface area contributed by atoms with Gasteiger partial charge in [0.15, 0.2) is 5.96 Å². The normalized spacial score (nSPS) is 14.4. The van der Waals surface area contributed by atoms with Gasteiger partial charge in [0.25, 0.3) is 0 Å². The van der Waals surface area contributed by atoms with Crippen LogP contribution in [0, 0.1) is 11.8 Å². The predicted octanol–water partition coefficient (Wildman–Crippen LogP) is -2.86. The van der Waals surface area contributed by atoms with Gasteiger partial charge in [-0.25, -0.2) is 4.98 Å². The molecule has 0 aliphatic heterocycles. The number of benzene rings is 1. The van der Waals surface area contributed by atoms with Crippen molar-refractivity contribution in [1.82, 2.24) is 41.9 Å². The molecule has 0 aliphatic rings. The highest BCUT2D eigenvalue weighted by atomic mass is 16.3. The third-order valence-electron chi connectivity index (χ3n) is 10.1. The van der Waals surface area contributed by atoms with Crippen molar-refractivity contribution in [3.63, 3.8) is 0 Å². The minimum atomic E-state index is -1.34. The fourth-order valence-corrected chi connectivity index (χ4v) is 6.24. The molecule has 0 saturated heterocycles. The minimum absolute atomic E-state index is 0.0265. The predicted molar refractivity (Wildman–Crippen MR) is 231 cm³/mol. The molecule has 1 aromatic carbocycles. The molecule has 0 aliphatic carbocycles. The molecule has 0 spiro atoms. The number of H-pyrrole nitrogens is 1. The number of rotatable bonds is 28. The number of phenols is 1. The van der Waals surface area contributed by atoms with Crippen LogP contribution in [0.4, 0.5) is 0 Å². The molecule has 7 atom stereocenters. The topological polar surface area (TPSA) is 383 Å². The Labute approximate surface area is 361 Å². The highest BCUT2D eigenvalue weighted by Gasteiger charge is 2.35. The molecule has 0 radical (unpaired) electrons. The van der Waals surface area contributed by atoms with E-state index in [1.807, 2.05) is 6.92 Å². The van der Waals surface area contributed by atoms with Gasteiger partial charge in [-0.05, 0) is 68.2 Å². The molecule has 1 heterocycles. The maximum Gasteiger partial charge on any atom is 0.243 e. The van der Waals surface area contributed by atoms with Gasteiger partial charge in [0.1, 0.15) is 42.0 Å². The Balaban J connectivity index is 2.49. The number of hydrogen-bond donors (Lipinski definition) is 13. The number of phenolic OH excluding ortho intramolecular Hbond substituents is 1. The first-order valence-corrected chi connectivity index (χ1v) is 20.7. The van der Waals surface area contributed by atoms with Crippen LogP contribution in [0.1, 0.15) is 77.5 Å². The van der Waals surface area contributed by atoms with Crippen molar-refractivity contribution < 1.29 is 38.7 Å². The summed E-state index contributed by atoms with van der Waals surface area (Å²) in [6.45, 7) is 7.10. The molecular weight excluding hydrogens is 805 g/mol. The summed E-state index contributed by atoms with van der Waals surface area (Å²) in [6.07, 6.45) is 4.51. The number of amides is 7. The fraction of sp³-hybridized carbons (Fsp3) is 0.575.